The van der Waals surface area contributed by atoms with Crippen LogP contribution in [0.15, 0.2) is 103 Å². The summed E-state index contributed by atoms with van der Waals surface area (Å²) >= 11 is -0.121. The van der Waals surface area contributed by atoms with Crippen LogP contribution in [0.5, 0.6) is 0 Å². The number of fused-ring (bicyclic) bond motifs is 2. The Morgan fingerprint density at radius 1 is 0.830 bits per heavy atom. The normalized spacial score (nSPS) is 33.2. The first kappa shape index (κ1) is 33.1. The zero-order chi connectivity index (χ0) is 32.6. The number of rotatable bonds is 10. The molecule has 0 spiro atoms. The molecule has 3 aromatic carbocycles. The van der Waals surface area contributed by atoms with Gasteiger partial charge in [-0.15, -0.1) is 0 Å². The molecule has 4 heterocycles. The van der Waals surface area contributed by atoms with Crippen LogP contribution in [0.1, 0.15) is 31.3 Å². The summed E-state index contributed by atoms with van der Waals surface area (Å²) in [6.45, 7) is 12.7. The van der Waals surface area contributed by atoms with Crippen molar-refractivity contribution in [2.45, 2.75) is 93.5 Å². The zero-order valence-electron chi connectivity index (χ0n) is 27.1. The van der Waals surface area contributed by atoms with E-state index >= 15 is 0 Å². The first-order valence-electron chi connectivity index (χ1n) is 16.1. The number of hydrogen-bond acceptors (Lipinski definition) is 9. The molecular weight excluding hydrogens is 683 g/mol. The molecule has 0 aromatic heterocycles. The van der Waals surface area contributed by atoms with Crippen LogP contribution in [0.3, 0.4) is 0 Å². The molecule has 0 N–H and O–H groups in total. The molecule has 4 aliphatic heterocycles. The maximum absolute atomic E-state index is 7.13. The molecule has 0 saturated carbocycles. The van der Waals surface area contributed by atoms with E-state index in [1.165, 1.54) is 4.46 Å². The van der Waals surface area contributed by atoms with Crippen LogP contribution in [-0.2, 0) is 48.6 Å². The van der Waals surface area contributed by atoms with E-state index in [0.717, 1.165) is 11.1 Å². The SMILES string of the molecule is C=C1O[C@@H]2OC(C)(C)O[C@@H]2[C@H]1O[Si](C)(C)O[C@@H]1[C@@H](OCc2ccccc2)[C@@H]2O[C@H](c3ccccc3)OC[C@H]2O[C@H]1[Se]c1ccccc1. The maximum atomic E-state index is 7.13. The van der Waals surface area contributed by atoms with Crippen molar-refractivity contribution in [3.8, 4) is 0 Å². The summed E-state index contributed by atoms with van der Waals surface area (Å²) < 4.78 is 59.8. The summed E-state index contributed by atoms with van der Waals surface area (Å²) in [5, 5.41) is -0.302. The van der Waals surface area contributed by atoms with Gasteiger partial charge in [0.05, 0.1) is 0 Å². The molecule has 4 fully saturated rings. The summed E-state index contributed by atoms with van der Waals surface area (Å²) in [7, 11) is -2.96. The van der Waals surface area contributed by atoms with E-state index < -0.39 is 57.4 Å². The van der Waals surface area contributed by atoms with Crippen LogP contribution in [0.2, 0.25) is 13.1 Å². The first-order chi connectivity index (χ1) is 22.6. The van der Waals surface area contributed by atoms with E-state index in [1.807, 2.05) is 93.7 Å². The van der Waals surface area contributed by atoms with Gasteiger partial charge < -0.3 is 0 Å². The molecule has 0 bridgehead atoms. The minimum atomic E-state index is -2.96. The van der Waals surface area contributed by atoms with E-state index in [0.29, 0.717) is 19.0 Å². The Balaban J connectivity index is 1.19. The first-order valence-corrected chi connectivity index (χ1v) is 20.7. The third-order valence-corrected chi connectivity index (χ3v) is 12.5. The molecule has 0 amide bonds. The van der Waals surface area contributed by atoms with Gasteiger partial charge in [-0.2, -0.15) is 0 Å². The average Bonchev–Trinajstić information content (AvgIpc) is 3.51. The van der Waals surface area contributed by atoms with Crippen LogP contribution in [-0.4, -0.2) is 83.8 Å². The molecule has 11 heteroatoms. The van der Waals surface area contributed by atoms with Gasteiger partial charge in [0.1, 0.15) is 0 Å². The Hall–Kier alpha value is -2.38. The number of ether oxygens (including phenoxy) is 7. The van der Waals surface area contributed by atoms with Gasteiger partial charge in [-0.05, 0) is 0 Å². The van der Waals surface area contributed by atoms with E-state index in [-0.39, 0.29) is 26.1 Å². The van der Waals surface area contributed by atoms with Gasteiger partial charge >= 0.3 is 285 Å². The molecule has 0 unspecified atom stereocenters. The van der Waals surface area contributed by atoms with Crippen molar-refractivity contribution >= 4 is 28.0 Å². The van der Waals surface area contributed by atoms with Crippen LogP contribution in [0.25, 0.3) is 0 Å². The average molecular weight is 726 g/mol. The fourth-order valence-corrected chi connectivity index (χ4v) is 10.8. The third kappa shape index (κ3) is 7.61. The second kappa shape index (κ2) is 13.9. The van der Waals surface area contributed by atoms with Crippen LogP contribution < -0.4 is 4.46 Å². The summed E-state index contributed by atoms with van der Waals surface area (Å²) in [6, 6.07) is 30.5. The van der Waals surface area contributed by atoms with Crippen LogP contribution >= 0.6 is 0 Å². The van der Waals surface area contributed by atoms with Crippen molar-refractivity contribution in [1.29, 1.82) is 0 Å². The standard InChI is InChI=1S/C36H42O9SeSi/c1-23-28(31-34(39-23)43-36(2,3)42-31)44-47(4,5)45-32-30(37-21-24-15-9-6-10-16-24)29-27(40-35(32)46-26-19-13-8-14-20-26)22-38-33(41-29)25-17-11-7-12-18-25/h6-20,27-35H,1,21-22H2,2-5H3/t27-,28+,29-,30+,31-,32-,33-,34-,35+/m1/s1. The quantitative estimate of drug-likeness (QED) is 0.270. The molecule has 7 rings (SSSR count). The van der Waals surface area contributed by atoms with Crippen LogP contribution in [0, 0.1) is 0 Å². The fourth-order valence-electron chi connectivity index (χ4n) is 6.38. The summed E-state index contributed by atoms with van der Waals surface area (Å²) in [6.07, 6.45) is -3.88. The summed E-state index contributed by atoms with van der Waals surface area (Å²) in [4.78, 5) is 0. The van der Waals surface area contributed by atoms with Gasteiger partial charge in [-0.25, -0.2) is 0 Å². The predicted octanol–water partition coefficient (Wildman–Crippen LogP) is 4.93. The van der Waals surface area contributed by atoms with E-state index in [4.69, 9.17) is 42.0 Å². The van der Waals surface area contributed by atoms with Gasteiger partial charge in [0.15, 0.2) is 0 Å². The van der Waals surface area contributed by atoms with Crippen molar-refractivity contribution in [3.05, 3.63) is 114 Å². The molecule has 0 radical (unpaired) electrons. The second-order valence-corrected chi connectivity index (χ2v) is 18.7. The second-order valence-electron chi connectivity index (χ2n) is 13.0. The molecule has 9 atom stereocenters. The molecule has 47 heavy (non-hydrogen) atoms. The predicted molar refractivity (Wildman–Crippen MR) is 177 cm³/mol. The van der Waals surface area contributed by atoms with Crippen molar-refractivity contribution in [3.63, 3.8) is 0 Å². The summed E-state index contributed by atoms with van der Waals surface area (Å²) in [5.74, 6) is -0.314. The van der Waals surface area contributed by atoms with E-state index in [1.54, 1.807) is 0 Å². The third-order valence-electron chi connectivity index (χ3n) is 8.44. The minimum absolute atomic E-state index is 0.121. The Bertz CT molecular complexity index is 1490. The number of hydrogen-bond donors (Lipinski definition) is 0. The zero-order valence-corrected chi connectivity index (χ0v) is 29.8. The van der Waals surface area contributed by atoms with Gasteiger partial charge in [0.2, 0.25) is 0 Å². The molecule has 0 aliphatic carbocycles. The van der Waals surface area contributed by atoms with Crippen molar-refractivity contribution < 1.29 is 42.0 Å². The molecule has 4 aliphatic rings. The molecule has 3 aromatic rings. The van der Waals surface area contributed by atoms with E-state index in [2.05, 4.69) is 30.8 Å². The van der Waals surface area contributed by atoms with E-state index in [9.17, 15) is 0 Å². The monoisotopic (exact) mass is 726 g/mol. The Morgan fingerprint density at radius 3 is 2.23 bits per heavy atom. The number of benzene rings is 3. The topological polar surface area (TPSA) is 83.1 Å². The van der Waals surface area contributed by atoms with Gasteiger partial charge in [0.25, 0.3) is 0 Å². The van der Waals surface area contributed by atoms with Crippen molar-refractivity contribution in [2.75, 3.05) is 6.61 Å². The molecule has 4 saturated heterocycles. The molecular formula is C36H42O9SeSi. The summed E-state index contributed by atoms with van der Waals surface area (Å²) in [5.41, 5.74) is 2.00. The van der Waals surface area contributed by atoms with Crippen molar-refractivity contribution in [2.24, 2.45) is 0 Å². The molecule has 250 valence electrons. The van der Waals surface area contributed by atoms with Gasteiger partial charge in [-0.1, -0.05) is 0 Å². The fraction of sp³-hybridized carbons (Fsp3) is 0.444. The Kier molecular flexibility index (Phi) is 9.77. The van der Waals surface area contributed by atoms with Gasteiger partial charge in [-0.3, -0.25) is 0 Å². The Morgan fingerprint density at radius 2 is 1.51 bits per heavy atom. The van der Waals surface area contributed by atoms with Crippen LogP contribution in [0.4, 0.5) is 0 Å². The molecule has 9 nitrogen and oxygen atoms in total. The Labute approximate surface area is 283 Å². The van der Waals surface area contributed by atoms with Crippen molar-refractivity contribution in [1.82, 2.24) is 0 Å². The van der Waals surface area contributed by atoms with Gasteiger partial charge in [0, 0.05) is 0 Å².